The van der Waals surface area contributed by atoms with E-state index in [2.05, 4.69) is 4.99 Å². The van der Waals surface area contributed by atoms with Crippen molar-refractivity contribution in [2.75, 3.05) is 0 Å². The summed E-state index contributed by atoms with van der Waals surface area (Å²) in [4.78, 5) is 2.90. The predicted molar refractivity (Wildman–Crippen MR) is 27.4 cm³/mol. The van der Waals surface area contributed by atoms with E-state index in [9.17, 15) is 0 Å². The summed E-state index contributed by atoms with van der Waals surface area (Å²) < 4.78 is 0. The summed E-state index contributed by atoms with van der Waals surface area (Å²) in [6.45, 7) is 0. The standard InChI is InChI=1S/C2H4N4.ClH.H3N/c3-1-6-2(4)5;;/h(H4,4,5,6);1H;1H3. The van der Waals surface area contributed by atoms with Crippen LogP contribution in [-0.2, 0) is 0 Å². The van der Waals surface area contributed by atoms with Gasteiger partial charge in [0.05, 0.1) is 0 Å². The van der Waals surface area contributed by atoms with E-state index < -0.39 is 0 Å². The fraction of sp³-hybridized carbons (Fsp3) is 0. The van der Waals surface area contributed by atoms with Crippen molar-refractivity contribution in [3.05, 3.63) is 0 Å². The van der Waals surface area contributed by atoms with Crippen LogP contribution in [0.15, 0.2) is 4.99 Å². The molecular formula is C2H8ClN5. The molecule has 0 aliphatic carbocycles. The van der Waals surface area contributed by atoms with Gasteiger partial charge < -0.3 is 30.0 Å². The second-order valence-corrected chi connectivity index (χ2v) is 0.637. The van der Waals surface area contributed by atoms with E-state index in [4.69, 9.17) is 16.7 Å². The van der Waals surface area contributed by atoms with Crippen LogP contribution < -0.4 is 30.0 Å². The maximum atomic E-state index is 7.64. The Kier molecular flexibility index (Phi) is 18.5. The van der Waals surface area contributed by atoms with E-state index in [0.717, 1.165) is 0 Å². The van der Waals surface area contributed by atoms with Crippen molar-refractivity contribution in [1.29, 1.82) is 5.26 Å². The van der Waals surface area contributed by atoms with Crippen molar-refractivity contribution in [3.8, 4) is 6.19 Å². The van der Waals surface area contributed by atoms with Crippen LogP contribution in [0.2, 0.25) is 0 Å². The van der Waals surface area contributed by atoms with Gasteiger partial charge in [0.1, 0.15) is 0 Å². The summed E-state index contributed by atoms with van der Waals surface area (Å²) in [5.41, 5.74) is 9.42. The van der Waals surface area contributed by atoms with Gasteiger partial charge in [-0.1, -0.05) is 0 Å². The summed E-state index contributed by atoms with van der Waals surface area (Å²) in [5, 5.41) is 7.64. The number of hydrogen-bond donors (Lipinski definition) is 3. The van der Waals surface area contributed by atoms with Crippen LogP contribution >= 0.6 is 0 Å². The van der Waals surface area contributed by atoms with E-state index >= 15 is 0 Å². The SMILES string of the molecule is N#CN=C(N)N.[Cl-].[NH4+]. The molecular weight excluding hydrogens is 130 g/mol. The Bertz CT molecular complexity index is 97.5. The van der Waals surface area contributed by atoms with E-state index in [-0.39, 0.29) is 24.5 Å². The highest BCUT2D eigenvalue weighted by molar-refractivity contribution is 5.76. The predicted octanol–water partition coefficient (Wildman–Crippen LogP) is -3.88. The van der Waals surface area contributed by atoms with Crippen LogP contribution in [-0.4, -0.2) is 5.96 Å². The molecule has 0 spiro atoms. The number of quaternary nitrogens is 1. The number of hydrogen-bond acceptors (Lipinski definition) is 2. The van der Waals surface area contributed by atoms with Crippen LogP contribution in [0.4, 0.5) is 0 Å². The van der Waals surface area contributed by atoms with Gasteiger partial charge in [0.25, 0.3) is 0 Å². The van der Waals surface area contributed by atoms with Crippen molar-refractivity contribution in [2.45, 2.75) is 0 Å². The number of rotatable bonds is 0. The molecule has 0 aromatic heterocycles. The van der Waals surface area contributed by atoms with Crippen molar-refractivity contribution >= 4 is 5.96 Å². The third kappa shape index (κ3) is 19.9. The van der Waals surface area contributed by atoms with Gasteiger partial charge in [-0.05, 0) is 0 Å². The summed E-state index contributed by atoms with van der Waals surface area (Å²) >= 11 is 0. The molecule has 48 valence electrons. The molecule has 6 heteroatoms. The number of halogens is 1. The van der Waals surface area contributed by atoms with Crippen LogP contribution in [0.25, 0.3) is 0 Å². The van der Waals surface area contributed by atoms with Crippen molar-refractivity contribution in [3.63, 3.8) is 0 Å². The van der Waals surface area contributed by atoms with Gasteiger partial charge in [-0.3, -0.25) is 0 Å². The average molecular weight is 138 g/mol. The van der Waals surface area contributed by atoms with E-state index in [1.54, 1.807) is 0 Å². The maximum Gasteiger partial charge on any atom is 0.209 e. The highest BCUT2D eigenvalue weighted by Crippen LogP contribution is 1.49. The summed E-state index contributed by atoms with van der Waals surface area (Å²) in [6, 6.07) is 0. The molecule has 0 atom stereocenters. The van der Waals surface area contributed by atoms with E-state index in [0.29, 0.717) is 0 Å². The van der Waals surface area contributed by atoms with Crippen molar-refractivity contribution in [1.82, 2.24) is 6.15 Å². The lowest BCUT2D eigenvalue weighted by Crippen LogP contribution is -3.00. The zero-order chi connectivity index (χ0) is 4.99. The smallest absolute Gasteiger partial charge is 0.209 e. The Morgan fingerprint density at radius 2 is 1.88 bits per heavy atom. The van der Waals surface area contributed by atoms with Crippen molar-refractivity contribution in [2.24, 2.45) is 16.5 Å². The maximum absolute atomic E-state index is 7.64. The first-order valence-electron chi connectivity index (χ1n) is 1.25. The average Bonchev–Trinajstić information content (AvgIpc) is 1.35. The van der Waals surface area contributed by atoms with Gasteiger partial charge >= 0.3 is 0 Å². The first-order valence-corrected chi connectivity index (χ1v) is 1.25. The molecule has 0 aliphatic rings. The quantitative estimate of drug-likeness (QED) is 0.180. The van der Waals surface area contributed by atoms with Gasteiger partial charge in [-0.15, -0.1) is 4.99 Å². The zero-order valence-corrected chi connectivity index (χ0v) is 5.18. The zero-order valence-electron chi connectivity index (χ0n) is 4.43. The molecule has 0 amide bonds. The second kappa shape index (κ2) is 9.38. The Balaban J connectivity index is -0.000000125. The minimum Gasteiger partial charge on any atom is -1.00 e. The molecule has 8 heavy (non-hydrogen) atoms. The van der Waals surface area contributed by atoms with Gasteiger partial charge in [0, 0.05) is 0 Å². The highest BCUT2D eigenvalue weighted by atomic mass is 35.5. The van der Waals surface area contributed by atoms with Gasteiger partial charge in [0.2, 0.25) is 12.2 Å². The third-order valence-corrected chi connectivity index (χ3v) is 0.179. The van der Waals surface area contributed by atoms with Gasteiger partial charge in [-0.2, -0.15) is 5.26 Å². The topological polar surface area (TPSA) is 125 Å². The summed E-state index contributed by atoms with van der Waals surface area (Å²) in [7, 11) is 0. The van der Waals surface area contributed by atoms with Gasteiger partial charge in [0.15, 0.2) is 0 Å². The van der Waals surface area contributed by atoms with Crippen molar-refractivity contribution < 1.29 is 12.4 Å². The van der Waals surface area contributed by atoms with Crippen LogP contribution in [0.1, 0.15) is 0 Å². The molecule has 8 N–H and O–H groups in total. The molecule has 0 saturated heterocycles. The molecule has 0 aromatic rings. The molecule has 0 fully saturated rings. The van der Waals surface area contributed by atoms with Gasteiger partial charge in [-0.25, -0.2) is 0 Å². The molecule has 0 rings (SSSR count). The number of aliphatic imine (C=N–C) groups is 1. The molecule has 5 nitrogen and oxygen atoms in total. The fourth-order valence-electron chi connectivity index (χ4n) is 0.0577. The first-order chi connectivity index (χ1) is 2.77. The molecule has 0 saturated carbocycles. The highest BCUT2D eigenvalue weighted by Gasteiger charge is 1.67. The Morgan fingerprint density at radius 3 is 1.88 bits per heavy atom. The third-order valence-electron chi connectivity index (χ3n) is 0.179. The summed E-state index contributed by atoms with van der Waals surface area (Å²) in [6.07, 6.45) is 1.41. The summed E-state index contributed by atoms with van der Waals surface area (Å²) in [5.74, 6) is -0.197. The van der Waals surface area contributed by atoms with Crippen LogP contribution in [0.5, 0.6) is 0 Å². The lowest BCUT2D eigenvalue weighted by Gasteiger charge is -1.74. The molecule has 0 radical (unpaired) electrons. The Morgan fingerprint density at radius 1 is 1.50 bits per heavy atom. The molecule has 0 aliphatic heterocycles. The number of nitrogens with two attached hydrogens (primary N) is 2. The normalized spacial score (nSPS) is 4.38. The molecule has 0 bridgehead atoms. The monoisotopic (exact) mass is 137 g/mol. The molecule has 0 heterocycles. The minimum atomic E-state index is -0.197. The largest absolute Gasteiger partial charge is 1.00 e. The number of nitriles is 1. The van der Waals surface area contributed by atoms with Crippen LogP contribution in [0, 0.1) is 11.5 Å². The van der Waals surface area contributed by atoms with Crippen LogP contribution in [0.3, 0.4) is 0 Å². The minimum absolute atomic E-state index is 0. The number of guanidine groups is 1. The molecule has 0 aromatic carbocycles. The lowest BCUT2D eigenvalue weighted by molar-refractivity contribution is -0.00000237. The lowest BCUT2D eigenvalue weighted by atomic mass is 11.1. The first kappa shape index (κ1) is 15.7. The second-order valence-electron chi connectivity index (χ2n) is 0.637. The Labute approximate surface area is 53.4 Å². The van der Waals surface area contributed by atoms with E-state index in [1.807, 2.05) is 0 Å². The molecule has 0 unspecified atom stereocenters. The fourth-order valence-corrected chi connectivity index (χ4v) is 0.0577. The van der Waals surface area contributed by atoms with E-state index in [1.165, 1.54) is 6.19 Å². The Hall–Kier alpha value is -0.990. The number of nitrogens with zero attached hydrogens (tertiary/aromatic N) is 2.